The standard InChI is InChI=1S/C61H44N2/c1-61(2)57-22-11-9-20-53(57)54-34-33-52(40-58(54)61)62(49-18-7-4-8-19-49)51-32-28-46-37-45(24-25-47(46)38-51)43-16-13-17-44(36-43)48-29-35-60-56(39-48)55-21-10-12-23-59(55)63(60)50-30-26-42(27-31-50)41-14-5-3-6-15-41/h3-40H,1-2H3. The molecule has 0 spiro atoms. The molecule has 1 aliphatic rings. The second-order valence-corrected chi connectivity index (χ2v) is 17.4. The molecule has 63 heavy (non-hydrogen) atoms. The van der Waals surface area contributed by atoms with Crippen LogP contribution >= 0.6 is 0 Å². The van der Waals surface area contributed by atoms with Crippen molar-refractivity contribution >= 4 is 49.6 Å². The molecule has 1 heterocycles. The average molecular weight is 805 g/mol. The van der Waals surface area contributed by atoms with Gasteiger partial charge in [0.2, 0.25) is 0 Å². The first-order valence-electron chi connectivity index (χ1n) is 21.9. The van der Waals surface area contributed by atoms with Crippen LogP contribution in [0.1, 0.15) is 25.0 Å². The van der Waals surface area contributed by atoms with Crippen LogP contribution in [0.15, 0.2) is 231 Å². The van der Waals surface area contributed by atoms with Crippen molar-refractivity contribution in [3.05, 3.63) is 242 Å². The van der Waals surface area contributed by atoms with Gasteiger partial charge in [-0.1, -0.05) is 166 Å². The lowest BCUT2D eigenvalue weighted by atomic mass is 9.82. The molecule has 2 nitrogen and oxygen atoms in total. The molecule has 0 N–H and O–H groups in total. The van der Waals surface area contributed by atoms with Crippen molar-refractivity contribution in [1.29, 1.82) is 0 Å². The van der Waals surface area contributed by atoms with E-state index in [1.54, 1.807) is 0 Å². The highest BCUT2D eigenvalue weighted by atomic mass is 15.1. The predicted molar refractivity (Wildman–Crippen MR) is 267 cm³/mol. The fourth-order valence-corrected chi connectivity index (χ4v) is 10.1. The van der Waals surface area contributed by atoms with Crippen LogP contribution in [0.3, 0.4) is 0 Å². The third-order valence-corrected chi connectivity index (χ3v) is 13.4. The van der Waals surface area contributed by atoms with Crippen molar-refractivity contribution in [3.8, 4) is 50.2 Å². The van der Waals surface area contributed by atoms with E-state index in [1.807, 2.05) is 0 Å². The molecule has 0 unspecified atom stereocenters. The maximum Gasteiger partial charge on any atom is 0.0541 e. The van der Waals surface area contributed by atoms with Gasteiger partial charge in [0.25, 0.3) is 0 Å². The van der Waals surface area contributed by atoms with E-state index in [0.29, 0.717) is 0 Å². The van der Waals surface area contributed by atoms with E-state index < -0.39 is 0 Å². The minimum absolute atomic E-state index is 0.0782. The van der Waals surface area contributed by atoms with Crippen LogP contribution in [0.4, 0.5) is 17.1 Å². The average Bonchev–Trinajstić information content (AvgIpc) is 3.79. The molecule has 0 bridgehead atoms. The fraction of sp³-hybridized carbons (Fsp3) is 0.0492. The van der Waals surface area contributed by atoms with Crippen LogP contribution in [-0.4, -0.2) is 4.57 Å². The van der Waals surface area contributed by atoms with Gasteiger partial charge in [-0.2, -0.15) is 0 Å². The highest BCUT2D eigenvalue weighted by Crippen LogP contribution is 2.51. The summed E-state index contributed by atoms with van der Waals surface area (Å²) in [6, 6.07) is 84.6. The zero-order valence-electron chi connectivity index (χ0n) is 35.3. The summed E-state index contributed by atoms with van der Waals surface area (Å²) in [7, 11) is 0. The van der Waals surface area contributed by atoms with Crippen LogP contribution in [0.5, 0.6) is 0 Å². The van der Waals surface area contributed by atoms with Gasteiger partial charge in [-0.3, -0.25) is 0 Å². The Bertz CT molecular complexity index is 3520. The molecular formula is C61H44N2. The number of fused-ring (bicyclic) bond motifs is 7. The summed E-state index contributed by atoms with van der Waals surface area (Å²) < 4.78 is 2.39. The van der Waals surface area contributed by atoms with Crippen molar-refractivity contribution in [2.24, 2.45) is 0 Å². The number of hydrogen-bond donors (Lipinski definition) is 0. The van der Waals surface area contributed by atoms with Crippen LogP contribution in [-0.2, 0) is 5.41 Å². The summed E-state index contributed by atoms with van der Waals surface area (Å²) in [6.45, 7) is 4.70. The van der Waals surface area contributed by atoms with Crippen molar-refractivity contribution in [2.45, 2.75) is 19.3 Å². The summed E-state index contributed by atoms with van der Waals surface area (Å²) in [5.41, 5.74) is 19.6. The van der Waals surface area contributed by atoms with E-state index in [2.05, 4.69) is 254 Å². The Labute approximate surface area is 368 Å². The molecule has 0 fully saturated rings. The van der Waals surface area contributed by atoms with Crippen LogP contribution in [0, 0.1) is 0 Å². The number of anilines is 3. The molecule has 1 aromatic heterocycles. The summed E-state index contributed by atoms with van der Waals surface area (Å²) in [4.78, 5) is 2.39. The Balaban J connectivity index is 0.878. The zero-order valence-corrected chi connectivity index (χ0v) is 35.3. The Kier molecular flexibility index (Phi) is 8.55. The summed E-state index contributed by atoms with van der Waals surface area (Å²) >= 11 is 0. The molecular weight excluding hydrogens is 761 g/mol. The summed E-state index contributed by atoms with van der Waals surface area (Å²) in [5, 5.41) is 4.92. The maximum absolute atomic E-state index is 2.41. The van der Waals surface area contributed by atoms with Gasteiger partial charge in [-0.15, -0.1) is 0 Å². The summed E-state index contributed by atoms with van der Waals surface area (Å²) in [5.74, 6) is 0. The third kappa shape index (κ3) is 6.17. The Morgan fingerprint density at radius 1 is 0.333 bits per heavy atom. The number of aromatic nitrogens is 1. The lowest BCUT2D eigenvalue weighted by Crippen LogP contribution is -2.16. The Morgan fingerprint density at radius 2 is 0.889 bits per heavy atom. The summed E-state index contributed by atoms with van der Waals surface area (Å²) in [6.07, 6.45) is 0. The molecule has 298 valence electrons. The van der Waals surface area contributed by atoms with Gasteiger partial charge in [-0.25, -0.2) is 0 Å². The number of rotatable bonds is 7. The lowest BCUT2D eigenvalue weighted by Gasteiger charge is -2.28. The minimum atomic E-state index is -0.0782. The monoisotopic (exact) mass is 804 g/mol. The fourth-order valence-electron chi connectivity index (χ4n) is 10.1. The Hall–Kier alpha value is -7.94. The van der Waals surface area contributed by atoms with Gasteiger partial charge >= 0.3 is 0 Å². The molecule has 0 aliphatic heterocycles. The molecule has 0 saturated carbocycles. The topological polar surface area (TPSA) is 8.17 Å². The first kappa shape index (κ1) is 36.9. The molecule has 1 aliphatic carbocycles. The number of hydrogen-bond acceptors (Lipinski definition) is 1. The van der Waals surface area contributed by atoms with Gasteiger partial charge in [0.1, 0.15) is 0 Å². The predicted octanol–water partition coefficient (Wildman–Crippen LogP) is 16.7. The van der Waals surface area contributed by atoms with E-state index in [0.717, 1.165) is 22.7 Å². The second-order valence-electron chi connectivity index (χ2n) is 17.4. The van der Waals surface area contributed by atoms with Gasteiger partial charge in [0.05, 0.1) is 11.0 Å². The highest BCUT2D eigenvalue weighted by Gasteiger charge is 2.35. The van der Waals surface area contributed by atoms with E-state index in [4.69, 9.17) is 0 Å². The van der Waals surface area contributed by atoms with Crippen molar-refractivity contribution in [2.75, 3.05) is 4.90 Å². The zero-order chi connectivity index (χ0) is 42.1. The van der Waals surface area contributed by atoms with Crippen molar-refractivity contribution in [1.82, 2.24) is 4.57 Å². The quantitative estimate of drug-likeness (QED) is 0.156. The van der Waals surface area contributed by atoms with Crippen molar-refractivity contribution in [3.63, 3.8) is 0 Å². The normalized spacial score (nSPS) is 12.7. The van der Waals surface area contributed by atoms with Crippen LogP contribution in [0.2, 0.25) is 0 Å². The molecule has 0 saturated heterocycles. The molecule has 12 rings (SSSR count). The number of nitrogens with zero attached hydrogens (tertiary/aromatic N) is 2. The Morgan fingerprint density at radius 3 is 1.71 bits per heavy atom. The minimum Gasteiger partial charge on any atom is -0.310 e. The van der Waals surface area contributed by atoms with Gasteiger partial charge in [0, 0.05) is 38.9 Å². The van der Waals surface area contributed by atoms with Crippen LogP contribution < -0.4 is 4.90 Å². The third-order valence-electron chi connectivity index (χ3n) is 13.4. The van der Waals surface area contributed by atoms with Crippen LogP contribution in [0.25, 0.3) is 82.8 Å². The van der Waals surface area contributed by atoms with Crippen molar-refractivity contribution < 1.29 is 0 Å². The molecule has 2 heteroatoms. The molecule has 10 aromatic carbocycles. The van der Waals surface area contributed by atoms with E-state index >= 15 is 0 Å². The van der Waals surface area contributed by atoms with E-state index in [-0.39, 0.29) is 5.41 Å². The van der Waals surface area contributed by atoms with E-state index in [1.165, 1.54) is 88.2 Å². The second kappa shape index (κ2) is 14.6. The number of para-hydroxylation sites is 2. The number of benzene rings is 10. The largest absolute Gasteiger partial charge is 0.310 e. The molecule has 11 aromatic rings. The molecule has 0 atom stereocenters. The van der Waals surface area contributed by atoms with Gasteiger partial charge in [-0.05, 0) is 145 Å². The SMILES string of the molecule is CC1(C)c2ccccc2-c2ccc(N(c3ccccc3)c3ccc4cc(-c5cccc(-c6ccc7c(c6)c6ccccc6n7-c6ccc(-c7ccccc7)cc6)c5)ccc4c3)cc21. The van der Waals surface area contributed by atoms with E-state index in [9.17, 15) is 0 Å². The van der Waals surface area contributed by atoms with Gasteiger partial charge < -0.3 is 9.47 Å². The first-order valence-corrected chi connectivity index (χ1v) is 21.9. The molecule has 0 amide bonds. The lowest BCUT2D eigenvalue weighted by molar-refractivity contribution is 0.660. The highest BCUT2D eigenvalue weighted by molar-refractivity contribution is 6.10. The first-order chi connectivity index (χ1) is 31.0. The smallest absolute Gasteiger partial charge is 0.0541 e. The van der Waals surface area contributed by atoms with Gasteiger partial charge in [0.15, 0.2) is 0 Å². The molecule has 0 radical (unpaired) electrons. The maximum atomic E-state index is 2.41.